The number of anilines is 1. The number of carbonyl (C=O) groups excluding carboxylic acids is 1. The molecule has 0 aliphatic carbocycles. The summed E-state index contributed by atoms with van der Waals surface area (Å²) < 4.78 is 12.4. The number of non-ortho nitro benzene ring substituents is 1. The molecule has 0 bridgehead atoms. The topological polar surface area (TPSA) is 134 Å². The third kappa shape index (κ3) is 9.90. The summed E-state index contributed by atoms with van der Waals surface area (Å²) in [5.41, 5.74) is 1.94. The molecule has 3 atom stereocenters. The molecule has 0 saturated heterocycles. The summed E-state index contributed by atoms with van der Waals surface area (Å²) in [6, 6.07) is 3.02. The van der Waals surface area contributed by atoms with Gasteiger partial charge in [0.1, 0.15) is 22.8 Å². The number of hydrogen-bond acceptors (Lipinski definition) is 7. The Kier molecular flexibility index (Phi) is 13.0. The normalized spacial score (nSPS) is 17.2. The maximum absolute atomic E-state index is 12.9. The fourth-order valence-corrected chi connectivity index (χ4v) is 6.53. The Morgan fingerprint density at radius 2 is 1.52 bits per heavy atom. The van der Waals surface area contributed by atoms with Gasteiger partial charge in [-0.05, 0) is 93.9 Å². The van der Waals surface area contributed by atoms with Crippen molar-refractivity contribution in [3.8, 4) is 11.5 Å². The minimum atomic E-state index is -0.918. The molecule has 46 heavy (non-hydrogen) atoms. The van der Waals surface area contributed by atoms with Gasteiger partial charge in [0.25, 0.3) is 11.4 Å². The van der Waals surface area contributed by atoms with Gasteiger partial charge in [0.15, 0.2) is 0 Å². The Morgan fingerprint density at radius 3 is 2.11 bits per heavy atom. The first-order valence-electron chi connectivity index (χ1n) is 16.8. The number of nitro groups is 2. The second kappa shape index (κ2) is 16.2. The average molecular weight is 640 g/mol. The summed E-state index contributed by atoms with van der Waals surface area (Å²) in [5, 5.41) is 24.9. The number of nitrogens with one attached hydrogen (secondary N) is 1. The number of benzene rings is 2. The fourth-order valence-electron chi connectivity index (χ4n) is 6.53. The van der Waals surface area contributed by atoms with Crippen molar-refractivity contribution in [1.82, 2.24) is 0 Å². The molecular formula is C36H53N3O7. The second-order valence-corrected chi connectivity index (χ2v) is 14.2. The molecule has 3 unspecified atom stereocenters. The van der Waals surface area contributed by atoms with Crippen molar-refractivity contribution >= 4 is 23.2 Å². The van der Waals surface area contributed by atoms with Gasteiger partial charge in [-0.15, -0.1) is 0 Å². The molecule has 0 spiro atoms. The van der Waals surface area contributed by atoms with E-state index in [0.717, 1.165) is 83.7 Å². The quantitative estimate of drug-likeness (QED) is 0.143. The van der Waals surface area contributed by atoms with E-state index in [1.165, 1.54) is 44.9 Å². The first-order chi connectivity index (χ1) is 21.6. The van der Waals surface area contributed by atoms with Crippen molar-refractivity contribution in [1.29, 1.82) is 0 Å². The molecule has 1 aliphatic rings. The summed E-state index contributed by atoms with van der Waals surface area (Å²) in [7, 11) is 0. The fraction of sp³-hybridized carbons (Fsp3) is 0.639. The van der Waals surface area contributed by atoms with Gasteiger partial charge in [0.2, 0.25) is 0 Å². The van der Waals surface area contributed by atoms with Crippen LogP contribution in [0.15, 0.2) is 18.2 Å². The Morgan fingerprint density at radius 1 is 0.913 bits per heavy atom. The minimum absolute atomic E-state index is 0.189. The Bertz CT molecular complexity index is 1410. The van der Waals surface area contributed by atoms with Crippen molar-refractivity contribution in [2.75, 3.05) is 5.32 Å². The zero-order chi connectivity index (χ0) is 34.2. The van der Waals surface area contributed by atoms with Crippen LogP contribution >= 0.6 is 0 Å². The third-order valence-corrected chi connectivity index (χ3v) is 9.66. The van der Waals surface area contributed by atoms with Crippen LogP contribution in [-0.2, 0) is 6.42 Å². The second-order valence-electron chi connectivity index (χ2n) is 14.2. The van der Waals surface area contributed by atoms with E-state index in [2.05, 4.69) is 39.9 Å². The first kappa shape index (κ1) is 36.8. The van der Waals surface area contributed by atoms with E-state index in [1.54, 1.807) is 0 Å². The molecule has 0 aromatic heterocycles. The first-order valence-corrected chi connectivity index (χ1v) is 16.8. The molecule has 0 fully saturated rings. The van der Waals surface area contributed by atoms with E-state index in [0.29, 0.717) is 11.7 Å². The predicted molar refractivity (Wildman–Crippen MR) is 182 cm³/mol. The van der Waals surface area contributed by atoms with Gasteiger partial charge in [-0.25, -0.2) is 4.79 Å². The van der Waals surface area contributed by atoms with Crippen LogP contribution in [0, 0.1) is 58.8 Å². The molecule has 2 aromatic rings. The van der Waals surface area contributed by atoms with Gasteiger partial charge in [-0.2, -0.15) is 0 Å². The highest BCUT2D eigenvalue weighted by Gasteiger charge is 2.35. The third-order valence-electron chi connectivity index (χ3n) is 9.66. The number of fused-ring (bicyclic) bond motifs is 1. The summed E-state index contributed by atoms with van der Waals surface area (Å²) >= 11 is 0. The number of nitro benzene ring substituents is 2. The number of amides is 1. The molecule has 254 valence electrons. The molecule has 2 aromatic carbocycles. The minimum Gasteiger partial charge on any atom is -0.487 e. The molecule has 10 heteroatoms. The monoisotopic (exact) mass is 639 g/mol. The maximum Gasteiger partial charge on any atom is 0.417 e. The van der Waals surface area contributed by atoms with Crippen LogP contribution in [0.5, 0.6) is 11.5 Å². The highest BCUT2D eigenvalue weighted by Crippen LogP contribution is 2.45. The van der Waals surface area contributed by atoms with Crippen LogP contribution in [0.25, 0.3) is 0 Å². The van der Waals surface area contributed by atoms with E-state index in [-0.39, 0.29) is 11.3 Å². The Labute approximate surface area is 273 Å². The lowest BCUT2D eigenvalue weighted by Crippen LogP contribution is -2.37. The smallest absolute Gasteiger partial charge is 0.417 e. The number of rotatable bonds is 16. The van der Waals surface area contributed by atoms with Crippen molar-refractivity contribution in [2.45, 2.75) is 132 Å². The van der Waals surface area contributed by atoms with Gasteiger partial charge in [-0.1, -0.05) is 72.6 Å². The number of nitrogens with zero attached hydrogens (tertiary/aromatic N) is 2. The molecule has 1 amide bonds. The van der Waals surface area contributed by atoms with Crippen molar-refractivity contribution in [3.63, 3.8) is 0 Å². The molecule has 3 rings (SSSR count). The van der Waals surface area contributed by atoms with E-state index in [9.17, 15) is 25.0 Å². The van der Waals surface area contributed by atoms with Gasteiger partial charge in [-0.3, -0.25) is 25.5 Å². The molecule has 0 radical (unpaired) electrons. The molecule has 1 N–H and O–H groups in total. The van der Waals surface area contributed by atoms with Crippen LogP contribution < -0.4 is 14.8 Å². The van der Waals surface area contributed by atoms with Crippen LogP contribution in [0.4, 0.5) is 21.9 Å². The lowest BCUT2D eigenvalue weighted by molar-refractivity contribution is -0.393. The molecule has 0 saturated carbocycles. The summed E-state index contributed by atoms with van der Waals surface area (Å²) in [6.45, 7) is 17.3. The standard InChI is InChI=1S/C36H53N3O7/c1-23(2)12-9-13-24(3)14-10-15-25(4)16-11-20-36(8)21-19-30-28(7)33(26(5)27(6)34(30)46-36)45-35(40)37-31-18-17-29(38(41)42)22-32(31)39(43)44/h17-18,22-25H,9-16,19-21H2,1-8H3,(H,37,40). The summed E-state index contributed by atoms with van der Waals surface area (Å²) in [4.78, 5) is 33.9. The van der Waals surface area contributed by atoms with Crippen LogP contribution in [-0.4, -0.2) is 21.5 Å². The predicted octanol–water partition coefficient (Wildman–Crippen LogP) is 10.6. The molecule has 1 aliphatic heterocycles. The van der Waals surface area contributed by atoms with Crippen molar-refractivity contribution in [3.05, 3.63) is 60.7 Å². The number of hydrogen-bond donors (Lipinski definition) is 1. The molecular weight excluding hydrogens is 586 g/mol. The zero-order valence-corrected chi connectivity index (χ0v) is 29.0. The largest absolute Gasteiger partial charge is 0.487 e. The molecule has 1 heterocycles. The maximum atomic E-state index is 12.9. The summed E-state index contributed by atoms with van der Waals surface area (Å²) in [5.74, 6) is 3.54. The van der Waals surface area contributed by atoms with Gasteiger partial charge in [0, 0.05) is 11.6 Å². The van der Waals surface area contributed by atoms with Gasteiger partial charge >= 0.3 is 6.09 Å². The van der Waals surface area contributed by atoms with E-state index < -0.39 is 27.3 Å². The SMILES string of the molecule is Cc1c(C)c2c(c(C)c1OC(=O)Nc1ccc([N+](=O)[O-])cc1[N+](=O)[O-])CCC(C)(CCCC(C)CCCC(C)CCCC(C)C)O2. The van der Waals surface area contributed by atoms with Gasteiger partial charge in [0.05, 0.1) is 15.9 Å². The molecule has 10 nitrogen and oxygen atoms in total. The lowest BCUT2D eigenvalue weighted by Gasteiger charge is -2.38. The van der Waals surface area contributed by atoms with Crippen LogP contribution in [0.3, 0.4) is 0 Å². The van der Waals surface area contributed by atoms with E-state index in [4.69, 9.17) is 9.47 Å². The van der Waals surface area contributed by atoms with Gasteiger partial charge < -0.3 is 9.47 Å². The number of carbonyl (C=O) groups is 1. The Hall–Kier alpha value is -3.69. The van der Waals surface area contributed by atoms with Crippen molar-refractivity contribution in [2.24, 2.45) is 17.8 Å². The van der Waals surface area contributed by atoms with E-state index in [1.807, 2.05) is 20.8 Å². The summed E-state index contributed by atoms with van der Waals surface area (Å²) in [6.07, 6.45) is 11.9. The number of ether oxygens (including phenoxy) is 2. The van der Waals surface area contributed by atoms with E-state index >= 15 is 0 Å². The van der Waals surface area contributed by atoms with Crippen LogP contribution in [0.2, 0.25) is 0 Å². The highest BCUT2D eigenvalue weighted by atomic mass is 16.6. The lowest BCUT2D eigenvalue weighted by atomic mass is 9.83. The highest BCUT2D eigenvalue weighted by molar-refractivity contribution is 5.90. The average Bonchev–Trinajstić information content (AvgIpc) is 2.98. The van der Waals surface area contributed by atoms with Crippen LogP contribution in [0.1, 0.15) is 121 Å². The zero-order valence-electron chi connectivity index (χ0n) is 29.0. The van der Waals surface area contributed by atoms with Crippen molar-refractivity contribution < 1.29 is 24.1 Å². The Balaban J connectivity index is 1.58.